The van der Waals surface area contributed by atoms with E-state index in [0.717, 1.165) is 25.7 Å². The number of nitrogens with zero attached hydrogens (tertiary/aromatic N) is 1. The Kier molecular flexibility index (Phi) is 4.87. The van der Waals surface area contributed by atoms with Crippen LogP contribution in [0.3, 0.4) is 0 Å². The minimum atomic E-state index is -3.59. The first-order valence-electron chi connectivity index (χ1n) is 6.75. The second kappa shape index (κ2) is 6.12. The topological polar surface area (TPSA) is 37.4 Å². The molecule has 1 aromatic rings. The average Bonchev–Trinajstić information content (AvgIpc) is 2.37. The minimum absolute atomic E-state index is 0.0284. The Hall–Kier alpha value is -0.460. The summed E-state index contributed by atoms with van der Waals surface area (Å²) in [5.41, 5.74) is 0. The van der Waals surface area contributed by atoms with Gasteiger partial charge >= 0.3 is 0 Å². The molecule has 6 heteroatoms. The molecule has 1 aliphatic rings. The smallest absolute Gasteiger partial charge is 0.207 e. The first kappa shape index (κ1) is 15.9. The highest BCUT2D eigenvalue weighted by molar-refractivity contribution is 9.10. The van der Waals surface area contributed by atoms with Gasteiger partial charge in [0, 0.05) is 17.6 Å². The molecule has 2 unspecified atom stereocenters. The summed E-state index contributed by atoms with van der Waals surface area (Å²) in [7, 11) is -1.97. The zero-order valence-corrected chi connectivity index (χ0v) is 14.0. The largest absolute Gasteiger partial charge is 0.244 e. The van der Waals surface area contributed by atoms with Crippen LogP contribution < -0.4 is 0 Å². The summed E-state index contributed by atoms with van der Waals surface area (Å²) < 4.78 is 40.1. The van der Waals surface area contributed by atoms with Crippen molar-refractivity contribution in [2.75, 3.05) is 7.05 Å². The number of hydrogen-bond acceptors (Lipinski definition) is 2. The molecule has 2 atom stereocenters. The summed E-state index contributed by atoms with van der Waals surface area (Å²) in [5.74, 6) is 0.0906. The fourth-order valence-electron chi connectivity index (χ4n) is 2.77. The van der Waals surface area contributed by atoms with Crippen molar-refractivity contribution in [1.82, 2.24) is 4.31 Å². The molecule has 1 saturated carbocycles. The van der Waals surface area contributed by atoms with E-state index >= 15 is 0 Å². The van der Waals surface area contributed by atoms with Crippen molar-refractivity contribution in [2.45, 2.75) is 43.5 Å². The number of benzene rings is 1. The molecular formula is C14H19BrFNO2S. The Bertz CT molecular complexity index is 591. The van der Waals surface area contributed by atoms with E-state index in [9.17, 15) is 12.8 Å². The molecule has 0 heterocycles. The maximum atomic E-state index is 13.1. The Morgan fingerprint density at radius 2 is 2.05 bits per heavy atom. The molecule has 0 saturated heterocycles. The van der Waals surface area contributed by atoms with Crippen molar-refractivity contribution in [3.63, 3.8) is 0 Å². The Morgan fingerprint density at radius 1 is 1.35 bits per heavy atom. The van der Waals surface area contributed by atoms with Gasteiger partial charge in [0.2, 0.25) is 10.0 Å². The lowest BCUT2D eigenvalue weighted by molar-refractivity contribution is 0.239. The van der Waals surface area contributed by atoms with Crippen LogP contribution in [0.15, 0.2) is 27.6 Å². The van der Waals surface area contributed by atoms with Crippen LogP contribution in [0.25, 0.3) is 0 Å². The van der Waals surface area contributed by atoms with Crippen LogP contribution in [0.5, 0.6) is 0 Å². The van der Waals surface area contributed by atoms with Gasteiger partial charge in [-0.25, -0.2) is 12.8 Å². The fraction of sp³-hybridized carbons (Fsp3) is 0.571. The van der Waals surface area contributed by atoms with Crippen LogP contribution in [-0.2, 0) is 10.0 Å². The maximum absolute atomic E-state index is 13.1. The van der Waals surface area contributed by atoms with E-state index in [4.69, 9.17) is 0 Å². The molecule has 2 rings (SSSR count). The molecule has 112 valence electrons. The summed E-state index contributed by atoms with van der Waals surface area (Å²) in [4.78, 5) is 0.125. The lowest BCUT2D eigenvalue weighted by Gasteiger charge is -2.33. The molecule has 1 aliphatic carbocycles. The van der Waals surface area contributed by atoms with Crippen LogP contribution in [-0.4, -0.2) is 25.8 Å². The number of sulfonamides is 1. The molecule has 0 aromatic heterocycles. The lowest BCUT2D eigenvalue weighted by atomic mass is 9.87. The Labute approximate surface area is 128 Å². The standard InChI is InChI=1S/C14H19BrFNO2S/c1-10-4-3-5-12(8-10)17(2)20(18,19)14-7-6-11(16)9-13(14)15/h6-7,9-10,12H,3-5,8H2,1-2H3. The highest BCUT2D eigenvalue weighted by Gasteiger charge is 2.32. The van der Waals surface area contributed by atoms with Crippen LogP contribution in [0.4, 0.5) is 4.39 Å². The van der Waals surface area contributed by atoms with Crippen LogP contribution in [0, 0.1) is 11.7 Å². The quantitative estimate of drug-likeness (QED) is 0.819. The van der Waals surface area contributed by atoms with Crippen molar-refractivity contribution < 1.29 is 12.8 Å². The molecule has 0 spiro atoms. The van der Waals surface area contributed by atoms with Gasteiger partial charge in [-0.15, -0.1) is 0 Å². The zero-order chi connectivity index (χ0) is 14.9. The van der Waals surface area contributed by atoms with E-state index in [0.29, 0.717) is 5.92 Å². The second-order valence-corrected chi connectivity index (χ2v) is 8.34. The normalized spacial score (nSPS) is 24.1. The van der Waals surface area contributed by atoms with Crippen molar-refractivity contribution in [1.29, 1.82) is 0 Å². The van der Waals surface area contributed by atoms with Gasteiger partial charge < -0.3 is 0 Å². The van der Waals surface area contributed by atoms with Gasteiger partial charge in [-0.3, -0.25) is 0 Å². The van der Waals surface area contributed by atoms with Crippen LogP contribution in [0.2, 0.25) is 0 Å². The Morgan fingerprint density at radius 3 is 2.65 bits per heavy atom. The first-order valence-corrected chi connectivity index (χ1v) is 8.98. The van der Waals surface area contributed by atoms with Crippen molar-refractivity contribution in [2.24, 2.45) is 5.92 Å². The second-order valence-electron chi connectivity index (χ2n) is 5.52. The molecule has 1 fully saturated rings. The van der Waals surface area contributed by atoms with Gasteiger partial charge in [-0.05, 0) is 52.9 Å². The molecule has 0 N–H and O–H groups in total. The molecular weight excluding hydrogens is 345 g/mol. The summed E-state index contributed by atoms with van der Waals surface area (Å²) in [6.45, 7) is 2.15. The fourth-order valence-corrected chi connectivity index (χ4v) is 5.17. The molecule has 1 aromatic carbocycles. The molecule has 0 radical (unpaired) electrons. The molecule has 0 amide bonds. The van der Waals surface area contributed by atoms with E-state index < -0.39 is 15.8 Å². The van der Waals surface area contributed by atoms with Crippen molar-refractivity contribution >= 4 is 26.0 Å². The van der Waals surface area contributed by atoms with E-state index in [1.54, 1.807) is 7.05 Å². The third kappa shape index (κ3) is 3.23. The number of halogens is 2. The maximum Gasteiger partial charge on any atom is 0.244 e. The van der Waals surface area contributed by atoms with Gasteiger partial charge in [0.15, 0.2) is 0 Å². The van der Waals surface area contributed by atoms with E-state index in [2.05, 4.69) is 22.9 Å². The summed E-state index contributed by atoms with van der Waals surface area (Å²) in [6, 6.07) is 3.71. The first-order chi connectivity index (χ1) is 9.32. The van der Waals surface area contributed by atoms with Crippen LogP contribution in [0.1, 0.15) is 32.6 Å². The van der Waals surface area contributed by atoms with Crippen molar-refractivity contribution in [3.05, 3.63) is 28.5 Å². The Balaban J connectivity index is 2.29. The van der Waals surface area contributed by atoms with E-state index in [1.807, 2.05) is 0 Å². The van der Waals surface area contributed by atoms with Gasteiger partial charge in [-0.2, -0.15) is 4.31 Å². The van der Waals surface area contributed by atoms with Gasteiger partial charge in [0.05, 0.1) is 4.90 Å². The van der Waals surface area contributed by atoms with E-state index in [-0.39, 0.29) is 15.4 Å². The molecule has 0 aliphatic heterocycles. The van der Waals surface area contributed by atoms with Gasteiger partial charge in [0.25, 0.3) is 0 Å². The molecule has 20 heavy (non-hydrogen) atoms. The minimum Gasteiger partial charge on any atom is -0.207 e. The van der Waals surface area contributed by atoms with Crippen molar-refractivity contribution in [3.8, 4) is 0 Å². The number of rotatable bonds is 3. The van der Waals surface area contributed by atoms with Gasteiger partial charge in [0.1, 0.15) is 5.82 Å². The average molecular weight is 364 g/mol. The lowest BCUT2D eigenvalue weighted by Crippen LogP contribution is -2.39. The monoisotopic (exact) mass is 363 g/mol. The molecule has 3 nitrogen and oxygen atoms in total. The zero-order valence-electron chi connectivity index (χ0n) is 11.6. The highest BCUT2D eigenvalue weighted by atomic mass is 79.9. The van der Waals surface area contributed by atoms with Gasteiger partial charge in [-0.1, -0.05) is 19.8 Å². The SMILES string of the molecule is CC1CCCC(N(C)S(=O)(=O)c2ccc(F)cc2Br)C1. The van der Waals surface area contributed by atoms with Crippen LogP contribution >= 0.6 is 15.9 Å². The highest BCUT2D eigenvalue weighted by Crippen LogP contribution is 2.32. The van der Waals surface area contributed by atoms with E-state index in [1.165, 1.54) is 22.5 Å². The summed E-state index contributed by atoms with van der Waals surface area (Å²) in [5, 5.41) is 0. The third-order valence-electron chi connectivity index (χ3n) is 3.97. The predicted molar refractivity (Wildman–Crippen MR) is 80.5 cm³/mol. The third-order valence-corrected chi connectivity index (χ3v) is 6.86. The summed E-state index contributed by atoms with van der Waals surface area (Å²) >= 11 is 3.14. The molecule has 0 bridgehead atoms. The number of hydrogen-bond donors (Lipinski definition) is 0. The summed E-state index contributed by atoms with van der Waals surface area (Å²) in [6.07, 6.45) is 3.98. The predicted octanol–water partition coefficient (Wildman–Crippen LogP) is 3.79.